The van der Waals surface area contributed by atoms with E-state index in [1.165, 1.54) is 16.6 Å². The molecular weight excluding hydrogens is 570 g/mol. The predicted molar refractivity (Wildman–Crippen MR) is 150 cm³/mol. The largest absolute Gasteiger partial charge is 0.491 e. The van der Waals surface area contributed by atoms with Gasteiger partial charge in [-0.2, -0.15) is 4.31 Å². The SMILES string of the molecule is Cn1cnc2cc(S(=O)(=O)N3CCC4(CC3)CC(NCC(O)COc3cccc(S(=O)(=O)C5CC5)c3)CO4)cnc21. The minimum absolute atomic E-state index is 0.0185. The van der Waals surface area contributed by atoms with Crippen LogP contribution in [-0.2, 0) is 31.6 Å². The summed E-state index contributed by atoms with van der Waals surface area (Å²) in [5, 5.41) is 13.5. The molecule has 1 saturated carbocycles. The Kier molecular flexibility index (Phi) is 7.57. The van der Waals surface area contributed by atoms with Crippen LogP contribution in [-0.4, -0.2) is 96.6 Å². The average molecular weight is 606 g/mol. The van der Waals surface area contributed by atoms with E-state index in [1.807, 2.05) is 7.05 Å². The fourth-order valence-electron chi connectivity index (χ4n) is 5.61. The number of hydrogen-bond acceptors (Lipinski definition) is 10. The van der Waals surface area contributed by atoms with Crippen molar-refractivity contribution < 1.29 is 31.4 Å². The number of ether oxygens (including phenoxy) is 2. The van der Waals surface area contributed by atoms with Gasteiger partial charge in [-0.1, -0.05) is 6.07 Å². The summed E-state index contributed by atoms with van der Waals surface area (Å²) in [7, 11) is -5.19. The van der Waals surface area contributed by atoms with Crippen LogP contribution < -0.4 is 10.1 Å². The molecule has 0 radical (unpaired) electrons. The lowest BCUT2D eigenvalue weighted by molar-refractivity contribution is -0.0312. The number of sulfonamides is 1. The molecule has 3 fully saturated rings. The highest BCUT2D eigenvalue weighted by molar-refractivity contribution is 7.92. The fourth-order valence-corrected chi connectivity index (χ4v) is 8.71. The molecule has 2 aromatic heterocycles. The summed E-state index contributed by atoms with van der Waals surface area (Å²) in [6.45, 7) is 1.47. The topological polar surface area (TPSA) is 153 Å². The zero-order chi connectivity index (χ0) is 28.8. The number of nitrogens with one attached hydrogen (secondary N) is 1. The van der Waals surface area contributed by atoms with Crippen LogP contribution >= 0.6 is 0 Å². The second-order valence-corrected chi connectivity index (χ2v) is 15.4. The summed E-state index contributed by atoms with van der Waals surface area (Å²) in [4.78, 5) is 8.89. The van der Waals surface area contributed by atoms with E-state index in [-0.39, 0.29) is 34.2 Å². The maximum atomic E-state index is 13.3. The van der Waals surface area contributed by atoms with Gasteiger partial charge in [0, 0.05) is 38.9 Å². The Hall–Kier alpha value is -2.62. The second kappa shape index (κ2) is 10.9. The van der Waals surface area contributed by atoms with Gasteiger partial charge in [0.05, 0.1) is 28.7 Å². The number of aryl methyl sites for hydroxylation is 1. The van der Waals surface area contributed by atoms with Crippen LogP contribution in [0.2, 0.25) is 0 Å². The van der Waals surface area contributed by atoms with Gasteiger partial charge in [-0.05, 0) is 56.4 Å². The Morgan fingerprint density at radius 3 is 2.68 bits per heavy atom. The molecule has 1 aromatic carbocycles. The van der Waals surface area contributed by atoms with Gasteiger partial charge in [-0.25, -0.2) is 26.8 Å². The van der Waals surface area contributed by atoms with Crippen LogP contribution in [0.15, 0.2) is 52.6 Å². The normalized spacial score (nSPS) is 22.3. The zero-order valence-electron chi connectivity index (χ0n) is 22.8. The molecule has 41 heavy (non-hydrogen) atoms. The smallest absolute Gasteiger partial charge is 0.244 e. The molecule has 2 atom stereocenters. The Labute approximate surface area is 239 Å². The third-order valence-corrected chi connectivity index (χ3v) is 12.3. The van der Waals surface area contributed by atoms with E-state index in [9.17, 15) is 21.9 Å². The van der Waals surface area contributed by atoms with E-state index >= 15 is 0 Å². The molecule has 4 heterocycles. The number of benzene rings is 1. The first-order valence-corrected chi connectivity index (χ1v) is 16.8. The van der Waals surface area contributed by atoms with Gasteiger partial charge >= 0.3 is 0 Å². The quantitative estimate of drug-likeness (QED) is 0.345. The number of rotatable bonds is 10. The van der Waals surface area contributed by atoms with E-state index in [0.717, 1.165) is 6.42 Å². The van der Waals surface area contributed by atoms with Gasteiger partial charge in [0.2, 0.25) is 10.0 Å². The molecule has 6 rings (SSSR count). The van der Waals surface area contributed by atoms with Crippen molar-refractivity contribution >= 4 is 31.0 Å². The Balaban J connectivity index is 0.970. The van der Waals surface area contributed by atoms with E-state index in [0.29, 0.717) is 62.3 Å². The lowest BCUT2D eigenvalue weighted by Gasteiger charge is -2.38. The molecule has 2 aliphatic heterocycles. The lowest BCUT2D eigenvalue weighted by Crippen LogP contribution is -2.47. The van der Waals surface area contributed by atoms with Crippen molar-refractivity contribution in [2.45, 2.75) is 64.9 Å². The highest BCUT2D eigenvalue weighted by Crippen LogP contribution is 2.38. The highest BCUT2D eigenvalue weighted by Gasteiger charge is 2.45. The minimum Gasteiger partial charge on any atom is -0.491 e. The molecule has 3 aromatic rings. The Morgan fingerprint density at radius 2 is 1.93 bits per heavy atom. The van der Waals surface area contributed by atoms with Crippen LogP contribution in [0.1, 0.15) is 32.1 Å². The zero-order valence-corrected chi connectivity index (χ0v) is 24.5. The van der Waals surface area contributed by atoms with Crippen molar-refractivity contribution in [1.29, 1.82) is 0 Å². The van der Waals surface area contributed by atoms with E-state index < -0.39 is 31.6 Å². The molecule has 2 saturated heterocycles. The maximum Gasteiger partial charge on any atom is 0.244 e. The van der Waals surface area contributed by atoms with Gasteiger partial charge in [0.15, 0.2) is 15.5 Å². The number of aliphatic hydroxyl groups excluding tert-OH is 1. The van der Waals surface area contributed by atoms with Crippen molar-refractivity contribution in [2.24, 2.45) is 7.05 Å². The molecule has 1 spiro atoms. The van der Waals surface area contributed by atoms with Crippen molar-refractivity contribution in [2.75, 3.05) is 32.8 Å². The first-order valence-electron chi connectivity index (χ1n) is 13.9. The van der Waals surface area contributed by atoms with Crippen molar-refractivity contribution in [1.82, 2.24) is 24.2 Å². The summed E-state index contributed by atoms with van der Waals surface area (Å²) >= 11 is 0. The lowest BCUT2D eigenvalue weighted by atomic mass is 9.88. The first kappa shape index (κ1) is 28.5. The van der Waals surface area contributed by atoms with Gasteiger partial charge in [-0.15, -0.1) is 0 Å². The third-order valence-electron chi connectivity index (χ3n) is 8.19. The molecule has 12 nitrogen and oxygen atoms in total. The number of aromatic nitrogens is 3. The fraction of sp³-hybridized carbons (Fsp3) is 0.556. The number of aliphatic hydroxyl groups is 1. The predicted octanol–water partition coefficient (Wildman–Crippen LogP) is 1.25. The van der Waals surface area contributed by atoms with Gasteiger partial charge in [-0.3, -0.25) is 0 Å². The number of nitrogens with zero attached hydrogens (tertiary/aromatic N) is 4. The van der Waals surface area contributed by atoms with E-state index in [4.69, 9.17) is 9.47 Å². The summed E-state index contributed by atoms with van der Waals surface area (Å²) in [5.41, 5.74) is 0.768. The summed E-state index contributed by atoms with van der Waals surface area (Å²) in [6.07, 6.45) is 5.46. The van der Waals surface area contributed by atoms with Crippen molar-refractivity contribution in [3.05, 3.63) is 42.9 Å². The molecule has 2 N–H and O–H groups in total. The van der Waals surface area contributed by atoms with Crippen LogP contribution in [0, 0.1) is 0 Å². The average Bonchev–Trinajstić information content (AvgIpc) is 3.68. The third kappa shape index (κ3) is 5.86. The minimum atomic E-state index is -3.70. The molecule has 0 bridgehead atoms. The monoisotopic (exact) mass is 605 g/mol. The number of sulfone groups is 1. The van der Waals surface area contributed by atoms with Crippen molar-refractivity contribution in [3.8, 4) is 5.75 Å². The molecule has 3 aliphatic rings. The summed E-state index contributed by atoms with van der Waals surface area (Å²) in [5.74, 6) is 0.409. The molecule has 2 unspecified atom stereocenters. The van der Waals surface area contributed by atoms with Crippen LogP contribution in [0.4, 0.5) is 0 Å². The molecule has 1 aliphatic carbocycles. The Bertz CT molecular complexity index is 1630. The molecule has 0 amide bonds. The molecule has 222 valence electrons. The number of pyridine rings is 1. The van der Waals surface area contributed by atoms with Gasteiger partial charge < -0.3 is 24.5 Å². The van der Waals surface area contributed by atoms with E-state index in [1.54, 1.807) is 35.2 Å². The maximum absolute atomic E-state index is 13.3. The van der Waals surface area contributed by atoms with Crippen LogP contribution in [0.25, 0.3) is 11.2 Å². The van der Waals surface area contributed by atoms with Gasteiger partial charge in [0.25, 0.3) is 0 Å². The summed E-state index contributed by atoms with van der Waals surface area (Å²) < 4.78 is 66.6. The highest BCUT2D eigenvalue weighted by atomic mass is 32.2. The number of piperidine rings is 1. The first-order chi connectivity index (χ1) is 19.6. The number of imidazole rings is 1. The second-order valence-electron chi connectivity index (χ2n) is 11.3. The van der Waals surface area contributed by atoms with E-state index in [2.05, 4.69) is 15.3 Å². The standard InChI is InChI=1S/C27H35N5O7S2/c1-31-18-30-25-12-24(15-29-26(25)31)41(36,37)32-9-7-27(8-10-32)13-19(16-39-27)28-14-20(33)17-38-21-3-2-4-23(11-21)40(34,35)22-5-6-22/h2-4,11-12,15,18-20,22,28,33H,5-10,13-14,16-17H2,1H3. The number of hydrogen-bond donors (Lipinski definition) is 2. The van der Waals surface area contributed by atoms with Crippen molar-refractivity contribution in [3.63, 3.8) is 0 Å². The number of fused-ring (bicyclic) bond motifs is 1. The van der Waals surface area contributed by atoms with Gasteiger partial charge in [0.1, 0.15) is 28.9 Å². The Morgan fingerprint density at radius 1 is 1.15 bits per heavy atom. The van der Waals surface area contributed by atoms with Crippen LogP contribution in [0.3, 0.4) is 0 Å². The summed E-state index contributed by atoms with van der Waals surface area (Å²) in [6, 6.07) is 8.01. The van der Waals surface area contributed by atoms with Crippen LogP contribution in [0.5, 0.6) is 5.75 Å². The molecular formula is C27H35N5O7S2. The molecule has 14 heteroatoms.